The van der Waals surface area contributed by atoms with Crippen LogP contribution in [-0.4, -0.2) is 9.55 Å². The lowest BCUT2D eigenvalue weighted by Gasteiger charge is -2.08. The summed E-state index contributed by atoms with van der Waals surface area (Å²) in [4.78, 5) is 4.24. The number of halogens is 1. The summed E-state index contributed by atoms with van der Waals surface area (Å²) in [7, 11) is 0. The maximum Gasteiger partial charge on any atom is 0.123 e. The number of hydrogen-bond donors (Lipinski definition) is 1. The van der Waals surface area contributed by atoms with Gasteiger partial charge in [0.15, 0.2) is 0 Å². The zero-order valence-electron chi connectivity index (χ0n) is 9.86. The monoisotopic (exact) mass is 233 g/mol. The number of aryl methyl sites for hydroxylation is 1. The van der Waals surface area contributed by atoms with E-state index in [1.807, 2.05) is 16.8 Å². The minimum absolute atomic E-state index is 0.235. The van der Waals surface area contributed by atoms with Gasteiger partial charge in [0, 0.05) is 31.9 Å². The Morgan fingerprint density at radius 1 is 1.29 bits per heavy atom. The van der Waals surface area contributed by atoms with Crippen molar-refractivity contribution < 1.29 is 4.39 Å². The predicted octanol–water partition coefficient (Wildman–Crippen LogP) is 2.09. The first-order valence-corrected chi connectivity index (χ1v) is 5.71. The Morgan fingerprint density at radius 3 is 2.76 bits per heavy atom. The number of rotatable bonds is 4. The molecule has 0 fully saturated rings. The van der Waals surface area contributed by atoms with Gasteiger partial charge < -0.3 is 10.3 Å². The van der Waals surface area contributed by atoms with Crippen LogP contribution in [-0.2, 0) is 19.5 Å². The van der Waals surface area contributed by atoms with E-state index in [0.29, 0.717) is 13.1 Å². The molecule has 0 saturated carbocycles. The highest BCUT2D eigenvalue weighted by Gasteiger charge is 2.04. The molecule has 0 amide bonds. The van der Waals surface area contributed by atoms with Crippen molar-refractivity contribution in [3.63, 3.8) is 0 Å². The number of aromatic nitrogens is 2. The van der Waals surface area contributed by atoms with Crippen molar-refractivity contribution in [3.05, 3.63) is 53.4 Å². The van der Waals surface area contributed by atoms with Gasteiger partial charge >= 0.3 is 0 Å². The normalized spacial score (nSPS) is 10.8. The summed E-state index contributed by atoms with van der Waals surface area (Å²) in [6.45, 7) is 3.04. The number of imidazole rings is 1. The Morgan fingerprint density at radius 2 is 2.06 bits per heavy atom. The first-order chi connectivity index (χ1) is 8.22. The quantitative estimate of drug-likeness (QED) is 0.878. The first-order valence-electron chi connectivity index (χ1n) is 5.71. The predicted molar refractivity (Wildman–Crippen MR) is 65.0 cm³/mol. The molecule has 0 aliphatic rings. The molecule has 2 aromatic rings. The molecule has 0 saturated heterocycles. The fourth-order valence-corrected chi connectivity index (χ4v) is 1.92. The van der Waals surface area contributed by atoms with E-state index in [1.54, 1.807) is 12.3 Å². The smallest absolute Gasteiger partial charge is 0.123 e. The summed E-state index contributed by atoms with van der Waals surface area (Å²) >= 11 is 0. The highest BCUT2D eigenvalue weighted by atomic mass is 19.1. The lowest BCUT2D eigenvalue weighted by molar-refractivity contribution is 0.619. The highest BCUT2D eigenvalue weighted by molar-refractivity contribution is 5.25. The lowest BCUT2D eigenvalue weighted by Crippen LogP contribution is -2.05. The third-order valence-corrected chi connectivity index (χ3v) is 2.72. The van der Waals surface area contributed by atoms with Crippen LogP contribution < -0.4 is 5.73 Å². The van der Waals surface area contributed by atoms with Crippen molar-refractivity contribution in [1.82, 2.24) is 9.55 Å². The van der Waals surface area contributed by atoms with E-state index in [-0.39, 0.29) is 5.82 Å². The van der Waals surface area contributed by atoms with Gasteiger partial charge in [-0.2, -0.15) is 0 Å². The molecule has 90 valence electrons. The molecule has 0 spiro atoms. The second-order valence-corrected chi connectivity index (χ2v) is 4.00. The molecule has 2 rings (SSSR count). The molecule has 0 aliphatic heterocycles. The standard InChI is InChI=1S/C13H16FN3/c1-2-13-16-3-4-17(13)9-11-5-10(8-15)6-12(14)7-11/h3-7H,2,8-9,15H2,1H3. The van der Waals surface area contributed by atoms with Crippen LogP contribution in [0.5, 0.6) is 0 Å². The van der Waals surface area contributed by atoms with E-state index >= 15 is 0 Å². The van der Waals surface area contributed by atoms with Gasteiger partial charge in [0.1, 0.15) is 11.6 Å². The van der Waals surface area contributed by atoms with E-state index in [1.165, 1.54) is 6.07 Å². The molecule has 3 nitrogen and oxygen atoms in total. The van der Waals surface area contributed by atoms with Crippen LogP contribution in [0.3, 0.4) is 0 Å². The van der Waals surface area contributed by atoms with E-state index in [0.717, 1.165) is 23.4 Å². The van der Waals surface area contributed by atoms with Crippen molar-refractivity contribution in [2.75, 3.05) is 0 Å². The Labute approximate surface area is 100 Å². The van der Waals surface area contributed by atoms with Gasteiger partial charge in [-0.15, -0.1) is 0 Å². The van der Waals surface area contributed by atoms with Crippen LogP contribution in [0, 0.1) is 5.82 Å². The van der Waals surface area contributed by atoms with Gasteiger partial charge in [0.05, 0.1) is 0 Å². The first kappa shape index (κ1) is 11.8. The average molecular weight is 233 g/mol. The largest absolute Gasteiger partial charge is 0.331 e. The van der Waals surface area contributed by atoms with Gasteiger partial charge in [-0.25, -0.2) is 9.37 Å². The SMILES string of the molecule is CCc1nccn1Cc1cc(F)cc(CN)c1. The maximum absolute atomic E-state index is 13.3. The second-order valence-electron chi connectivity index (χ2n) is 4.00. The van der Waals surface area contributed by atoms with Crippen LogP contribution in [0.2, 0.25) is 0 Å². The van der Waals surface area contributed by atoms with Crippen LogP contribution in [0.4, 0.5) is 4.39 Å². The minimum atomic E-state index is -0.235. The van der Waals surface area contributed by atoms with Crippen molar-refractivity contribution in [2.45, 2.75) is 26.4 Å². The molecule has 0 radical (unpaired) electrons. The number of nitrogens with two attached hydrogens (primary N) is 1. The van der Waals surface area contributed by atoms with Crippen LogP contribution in [0.1, 0.15) is 23.9 Å². The van der Waals surface area contributed by atoms with Crippen molar-refractivity contribution in [1.29, 1.82) is 0 Å². The summed E-state index contributed by atoms with van der Waals surface area (Å²) in [5, 5.41) is 0. The molecule has 0 unspecified atom stereocenters. The zero-order valence-corrected chi connectivity index (χ0v) is 9.86. The molecule has 17 heavy (non-hydrogen) atoms. The molecular formula is C13H16FN3. The maximum atomic E-state index is 13.3. The van der Waals surface area contributed by atoms with Crippen LogP contribution in [0.25, 0.3) is 0 Å². The molecule has 2 N–H and O–H groups in total. The summed E-state index contributed by atoms with van der Waals surface area (Å²) in [6, 6.07) is 4.94. The molecule has 1 aromatic heterocycles. The Kier molecular flexibility index (Phi) is 3.54. The van der Waals surface area contributed by atoms with Crippen LogP contribution >= 0.6 is 0 Å². The van der Waals surface area contributed by atoms with E-state index < -0.39 is 0 Å². The number of hydrogen-bond acceptors (Lipinski definition) is 2. The number of benzene rings is 1. The van der Waals surface area contributed by atoms with Crippen LogP contribution in [0.15, 0.2) is 30.6 Å². The second kappa shape index (κ2) is 5.10. The molecule has 0 aliphatic carbocycles. The summed E-state index contributed by atoms with van der Waals surface area (Å²) < 4.78 is 15.4. The third kappa shape index (κ3) is 2.71. The van der Waals surface area contributed by atoms with Gasteiger partial charge in [0.2, 0.25) is 0 Å². The fraction of sp³-hybridized carbons (Fsp3) is 0.308. The third-order valence-electron chi connectivity index (χ3n) is 2.72. The Hall–Kier alpha value is -1.68. The molecule has 1 aromatic carbocycles. The average Bonchev–Trinajstić information content (AvgIpc) is 2.75. The topological polar surface area (TPSA) is 43.8 Å². The fourth-order valence-electron chi connectivity index (χ4n) is 1.92. The molecule has 1 heterocycles. The van der Waals surface area contributed by atoms with Gasteiger partial charge in [-0.3, -0.25) is 0 Å². The summed E-state index contributed by atoms with van der Waals surface area (Å²) in [5.74, 6) is 0.768. The van der Waals surface area contributed by atoms with Crippen molar-refractivity contribution in [2.24, 2.45) is 5.73 Å². The van der Waals surface area contributed by atoms with E-state index in [9.17, 15) is 4.39 Å². The minimum Gasteiger partial charge on any atom is -0.331 e. The Balaban J connectivity index is 2.26. The van der Waals surface area contributed by atoms with E-state index in [2.05, 4.69) is 11.9 Å². The highest BCUT2D eigenvalue weighted by Crippen LogP contribution is 2.11. The summed E-state index contributed by atoms with van der Waals surface area (Å²) in [5.41, 5.74) is 7.26. The van der Waals surface area contributed by atoms with E-state index in [4.69, 9.17) is 5.73 Å². The molecular weight excluding hydrogens is 217 g/mol. The molecule has 0 atom stereocenters. The zero-order chi connectivity index (χ0) is 12.3. The number of nitrogens with zero attached hydrogens (tertiary/aromatic N) is 2. The summed E-state index contributed by atoms with van der Waals surface area (Å²) in [6.07, 6.45) is 4.54. The lowest BCUT2D eigenvalue weighted by atomic mass is 10.1. The molecule has 4 heteroatoms. The molecule has 0 bridgehead atoms. The van der Waals surface area contributed by atoms with Gasteiger partial charge in [-0.05, 0) is 23.3 Å². The van der Waals surface area contributed by atoms with Crippen molar-refractivity contribution >= 4 is 0 Å². The van der Waals surface area contributed by atoms with Crippen molar-refractivity contribution in [3.8, 4) is 0 Å². The van der Waals surface area contributed by atoms with Gasteiger partial charge in [-0.1, -0.05) is 13.0 Å². The Bertz CT molecular complexity index is 505. The van der Waals surface area contributed by atoms with Gasteiger partial charge in [0.25, 0.3) is 0 Å².